The minimum atomic E-state index is 0.677. The van der Waals surface area contributed by atoms with Crippen molar-refractivity contribution < 1.29 is 0 Å². The zero-order valence-electron chi connectivity index (χ0n) is 17.0. The molecular weight excluding hydrogens is 439 g/mol. The second-order valence-corrected chi connectivity index (χ2v) is 7.81. The molecule has 4 aromatic carbocycles. The molecule has 0 aliphatic rings. The van der Waals surface area contributed by atoms with E-state index in [1.807, 2.05) is 97.1 Å². The summed E-state index contributed by atoms with van der Waals surface area (Å²) >= 11 is 12.2. The summed E-state index contributed by atoms with van der Waals surface area (Å²) in [6.45, 7) is 0. The lowest BCUT2D eigenvalue weighted by molar-refractivity contribution is 1.26. The Morgan fingerprint density at radius 2 is 0.969 bits per heavy atom. The highest BCUT2D eigenvalue weighted by molar-refractivity contribution is 6.31. The standard InChI is InChI=1S/C26H20Cl2N4/c27-21-9-5-11-23(15-21)31-25-13-3-1-7-19(25)17-29-30-18-20-8-2-4-14-26(20)32-24-12-6-10-22(28)16-24/h1-18,31-32H. The number of rotatable bonds is 7. The molecule has 0 unspecified atom stereocenters. The van der Waals surface area contributed by atoms with Crippen LogP contribution < -0.4 is 10.6 Å². The molecule has 0 heterocycles. The van der Waals surface area contributed by atoms with E-state index < -0.39 is 0 Å². The van der Waals surface area contributed by atoms with Crippen LogP contribution in [0.3, 0.4) is 0 Å². The van der Waals surface area contributed by atoms with Crippen LogP contribution in [0.4, 0.5) is 22.7 Å². The highest BCUT2D eigenvalue weighted by atomic mass is 35.5. The molecule has 0 aliphatic carbocycles. The summed E-state index contributed by atoms with van der Waals surface area (Å²) in [6.07, 6.45) is 3.44. The van der Waals surface area contributed by atoms with Crippen molar-refractivity contribution in [3.63, 3.8) is 0 Å². The normalized spacial score (nSPS) is 11.2. The molecule has 0 saturated carbocycles. The number of nitrogens with one attached hydrogen (secondary N) is 2. The van der Waals surface area contributed by atoms with E-state index in [1.165, 1.54) is 0 Å². The summed E-state index contributed by atoms with van der Waals surface area (Å²) in [5.41, 5.74) is 5.46. The van der Waals surface area contributed by atoms with E-state index in [9.17, 15) is 0 Å². The minimum absolute atomic E-state index is 0.677. The van der Waals surface area contributed by atoms with E-state index in [0.29, 0.717) is 10.0 Å². The minimum Gasteiger partial charge on any atom is -0.355 e. The van der Waals surface area contributed by atoms with Gasteiger partial charge in [-0.05, 0) is 48.5 Å². The van der Waals surface area contributed by atoms with Crippen molar-refractivity contribution in [3.05, 3.63) is 118 Å². The number of benzene rings is 4. The predicted octanol–water partition coefficient (Wildman–Crippen LogP) is 7.93. The average Bonchev–Trinajstić information content (AvgIpc) is 2.79. The molecule has 0 radical (unpaired) electrons. The van der Waals surface area contributed by atoms with Crippen LogP contribution in [-0.2, 0) is 0 Å². The van der Waals surface area contributed by atoms with Gasteiger partial charge >= 0.3 is 0 Å². The van der Waals surface area contributed by atoms with Crippen LogP contribution in [0.2, 0.25) is 10.0 Å². The smallest absolute Gasteiger partial charge is 0.0588 e. The molecule has 0 amide bonds. The topological polar surface area (TPSA) is 48.8 Å². The number of hydrogen-bond acceptors (Lipinski definition) is 4. The highest BCUT2D eigenvalue weighted by Crippen LogP contribution is 2.23. The number of para-hydroxylation sites is 2. The molecule has 32 heavy (non-hydrogen) atoms. The first-order valence-electron chi connectivity index (χ1n) is 9.97. The molecule has 0 bridgehead atoms. The van der Waals surface area contributed by atoms with E-state index in [1.54, 1.807) is 12.4 Å². The van der Waals surface area contributed by atoms with Crippen LogP contribution in [0.5, 0.6) is 0 Å². The van der Waals surface area contributed by atoms with Gasteiger partial charge in [-0.15, -0.1) is 0 Å². The number of anilines is 4. The Balaban J connectivity index is 1.49. The largest absolute Gasteiger partial charge is 0.355 e. The van der Waals surface area contributed by atoms with Gasteiger partial charge in [-0.3, -0.25) is 0 Å². The van der Waals surface area contributed by atoms with E-state index in [2.05, 4.69) is 20.8 Å². The van der Waals surface area contributed by atoms with Gasteiger partial charge in [0.2, 0.25) is 0 Å². The van der Waals surface area contributed by atoms with Crippen LogP contribution in [0.1, 0.15) is 11.1 Å². The first kappa shape index (κ1) is 21.6. The molecule has 4 aromatic rings. The van der Waals surface area contributed by atoms with Gasteiger partial charge in [0.05, 0.1) is 12.4 Å². The Kier molecular flexibility index (Phi) is 7.18. The summed E-state index contributed by atoms with van der Waals surface area (Å²) in [7, 11) is 0. The second-order valence-electron chi connectivity index (χ2n) is 6.93. The first-order valence-corrected chi connectivity index (χ1v) is 10.7. The van der Waals surface area contributed by atoms with Crippen LogP contribution in [0.15, 0.2) is 107 Å². The van der Waals surface area contributed by atoms with Gasteiger partial charge in [0.1, 0.15) is 0 Å². The van der Waals surface area contributed by atoms with Crippen LogP contribution >= 0.6 is 23.2 Å². The molecule has 0 aromatic heterocycles. The molecule has 0 fully saturated rings. The van der Waals surface area contributed by atoms with Crippen molar-refractivity contribution in [2.24, 2.45) is 10.2 Å². The molecule has 0 aliphatic heterocycles. The van der Waals surface area contributed by atoms with E-state index >= 15 is 0 Å². The fourth-order valence-electron chi connectivity index (χ4n) is 3.08. The quantitative estimate of drug-likeness (QED) is 0.218. The van der Waals surface area contributed by atoms with Gasteiger partial charge in [-0.1, -0.05) is 71.7 Å². The third-order valence-corrected chi connectivity index (χ3v) is 5.06. The van der Waals surface area contributed by atoms with Gasteiger partial charge < -0.3 is 10.6 Å². The van der Waals surface area contributed by atoms with Gasteiger partial charge in [-0.2, -0.15) is 10.2 Å². The number of nitrogens with zero attached hydrogens (tertiary/aromatic N) is 2. The summed E-state index contributed by atoms with van der Waals surface area (Å²) in [5.74, 6) is 0. The predicted molar refractivity (Wildman–Crippen MR) is 138 cm³/mol. The third-order valence-electron chi connectivity index (χ3n) is 4.59. The molecule has 158 valence electrons. The van der Waals surface area contributed by atoms with Crippen molar-refractivity contribution in [1.82, 2.24) is 0 Å². The zero-order chi connectivity index (χ0) is 22.2. The van der Waals surface area contributed by atoms with Crippen molar-refractivity contribution in [3.8, 4) is 0 Å². The lowest BCUT2D eigenvalue weighted by atomic mass is 10.2. The van der Waals surface area contributed by atoms with Gasteiger partial charge in [0, 0.05) is 43.9 Å². The maximum absolute atomic E-state index is 6.09. The zero-order valence-corrected chi connectivity index (χ0v) is 18.6. The monoisotopic (exact) mass is 458 g/mol. The molecule has 0 saturated heterocycles. The van der Waals surface area contributed by atoms with Gasteiger partial charge in [-0.25, -0.2) is 0 Å². The summed E-state index contributed by atoms with van der Waals surface area (Å²) < 4.78 is 0. The Hall–Kier alpha value is -3.60. The Labute approximate surface area is 197 Å². The van der Waals surface area contributed by atoms with Crippen molar-refractivity contribution in [2.75, 3.05) is 10.6 Å². The van der Waals surface area contributed by atoms with E-state index in [-0.39, 0.29) is 0 Å². The fourth-order valence-corrected chi connectivity index (χ4v) is 3.46. The first-order chi connectivity index (χ1) is 15.7. The maximum Gasteiger partial charge on any atom is 0.0588 e. The maximum atomic E-state index is 6.09. The third kappa shape index (κ3) is 5.97. The highest BCUT2D eigenvalue weighted by Gasteiger charge is 2.02. The summed E-state index contributed by atoms with van der Waals surface area (Å²) in [6, 6.07) is 30.9. The van der Waals surface area contributed by atoms with Gasteiger partial charge in [0.15, 0.2) is 0 Å². The second kappa shape index (κ2) is 10.6. The van der Waals surface area contributed by atoms with Crippen molar-refractivity contribution in [1.29, 1.82) is 0 Å². The average molecular weight is 459 g/mol. The van der Waals surface area contributed by atoms with Crippen LogP contribution in [0.25, 0.3) is 0 Å². The summed E-state index contributed by atoms with van der Waals surface area (Å²) in [4.78, 5) is 0. The lowest BCUT2D eigenvalue weighted by Crippen LogP contribution is -1.96. The van der Waals surface area contributed by atoms with Crippen LogP contribution in [0, 0.1) is 0 Å². The van der Waals surface area contributed by atoms with Crippen molar-refractivity contribution in [2.45, 2.75) is 0 Å². The molecule has 2 N–H and O–H groups in total. The van der Waals surface area contributed by atoms with E-state index in [0.717, 1.165) is 33.9 Å². The Bertz CT molecular complexity index is 1170. The number of halogens is 2. The van der Waals surface area contributed by atoms with Crippen LogP contribution in [-0.4, -0.2) is 12.4 Å². The summed E-state index contributed by atoms with van der Waals surface area (Å²) in [5, 5.41) is 16.6. The van der Waals surface area contributed by atoms with E-state index in [4.69, 9.17) is 23.2 Å². The molecule has 0 atom stereocenters. The lowest BCUT2D eigenvalue weighted by Gasteiger charge is -2.09. The number of hydrogen-bond donors (Lipinski definition) is 2. The molecule has 0 spiro atoms. The Morgan fingerprint density at radius 3 is 1.41 bits per heavy atom. The molecular formula is C26H20Cl2N4. The molecule has 6 heteroatoms. The Morgan fingerprint density at radius 1 is 0.531 bits per heavy atom. The SMILES string of the molecule is Clc1cccc(Nc2ccccc2C=NN=Cc2ccccc2Nc2cccc(Cl)c2)c1. The fraction of sp³-hybridized carbons (Fsp3) is 0. The van der Waals surface area contributed by atoms with Crippen molar-refractivity contribution >= 4 is 58.4 Å². The molecule has 4 nitrogen and oxygen atoms in total. The van der Waals surface area contributed by atoms with Gasteiger partial charge in [0.25, 0.3) is 0 Å². The molecule has 4 rings (SSSR count).